The molecule has 3 rings (SSSR count). The Kier molecular flexibility index (Phi) is 14.4. The number of aromatic nitrogens is 2. The van der Waals surface area contributed by atoms with E-state index in [2.05, 4.69) is 34.4 Å². The maximum absolute atomic E-state index is 12.9. The van der Waals surface area contributed by atoms with Gasteiger partial charge in [0.25, 0.3) is 5.91 Å². The molecule has 1 saturated heterocycles. The first-order valence-electron chi connectivity index (χ1n) is 13.4. The van der Waals surface area contributed by atoms with Crippen LogP contribution >= 0.6 is 0 Å². The van der Waals surface area contributed by atoms with Crippen LogP contribution in [0.5, 0.6) is 0 Å². The molecular weight excluding hydrogens is 474 g/mol. The first-order chi connectivity index (χ1) is 17.5. The molecule has 3 amide bonds. The largest absolute Gasteiger partial charge is 0.480 e. The molecule has 1 aromatic rings. The maximum Gasteiger partial charge on any atom is 0.326 e. The fraction of sp³-hybridized carbons (Fsp3) is 0.704. The van der Waals surface area contributed by atoms with Crippen molar-refractivity contribution in [1.29, 1.82) is 0 Å². The fourth-order valence-corrected chi connectivity index (χ4v) is 4.04. The molecule has 2 heterocycles. The monoisotopic (exact) mass is 519 g/mol. The highest BCUT2D eigenvalue weighted by Gasteiger charge is 2.41. The molecule has 2 atom stereocenters. The summed E-state index contributed by atoms with van der Waals surface area (Å²) < 4.78 is 0. The van der Waals surface area contributed by atoms with E-state index in [1.54, 1.807) is 20.8 Å². The van der Waals surface area contributed by atoms with Gasteiger partial charge in [-0.15, -0.1) is 0 Å². The van der Waals surface area contributed by atoms with E-state index in [4.69, 9.17) is 0 Å². The number of aliphatic carboxylic acids is 1. The van der Waals surface area contributed by atoms with E-state index in [0.29, 0.717) is 19.4 Å². The number of carbonyl (C=O) groups is 4. The van der Waals surface area contributed by atoms with Crippen molar-refractivity contribution in [2.24, 2.45) is 5.41 Å². The van der Waals surface area contributed by atoms with Crippen molar-refractivity contribution in [3.63, 3.8) is 0 Å². The lowest BCUT2D eigenvalue weighted by molar-refractivity contribution is -0.150. The van der Waals surface area contributed by atoms with E-state index in [9.17, 15) is 24.3 Å². The topological polar surface area (TPSA) is 142 Å². The second kappa shape index (κ2) is 16.7. The third kappa shape index (κ3) is 11.7. The lowest BCUT2D eigenvalue weighted by atomic mass is 9.85. The molecule has 10 nitrogen and oxygen atoms in total. The smallest absolute Gasteiger partial charge is 0.326 e. The van der Waals surface area contributed by atoms with Crippen LogP contribution in [0.1, 0.15) is 103 Å². The summed E-state index contributed by atoms with van der Waals surface area (Å²) in [4.78, 5) is 57.5. The molecule has 0 aromatic carbocycles. The zero-order chi connectivity index (χ0) is 27.8. The molecule has 37 heavy (non-hydrogen) atoms. The first-order valence-corrected chi connectivity index (χ1v) is 13.4. The zero-order valence-electron chi connectivity index (χ0n) is 23.1. The lowest BCUT2D eigenvalue weighted by Gasteiger charge is -2.34. The van der Waals surface area contributed by atoms with Gasteiger partial charge in [-0.25, -0.2) is 9.78 Å². The zero-order valence-corrected chi connectivity index (χ0v) is 23.1. The van der Waals surface area contributed by atoms with Crippen molar-refractivity contribution >= 4 is 23.7 Å². The fourth-order valence-electron chi connectivity index (χ4n) is 4.04. The molecule has 1 aliphatic carbocycles. The van der Waals surface area contributed by atoms with Gasteiger partial charge in [0.15, 0.2) is 0 Å². The van der Waals surface area contributed by atoms with E-state index in [0.717, 1.165) is 0 Å². The van der Waals surface area contributed by atoms with E-state index in [1.165, 1.54) is 68.4 Å². The van der Waals surface area contributed by atoms with Crippen molar-refractivity contribution < 1.29 is 24.3 Å². The van der Waals surface area contributed by atoms with Crippen LogP contribution in [0.25, 0.3) is 0 Å². The van der Waals surface area contributed by atoms with E-state index >= 15 is 0 Å². The van der Waals surface area contributed by atoms with Gasteiger partial charge in [0.05, 0.1) is 12.7 Å². The molecule has 208 valence electrons. The number of rotatable bonds is 6. The molecule has 2 aliphatic rings. The van der Waals surface area contributed by atoms with Gasteiger partial charge in [-0.1, -0.05) is 79.6 Å². The Morgan fingerprint density at radius 1 is 1.03 bits per heavy atom. The van der Waals surface area contributed by atoms with Gasteiger partial charge < -0.3 is 20.6 Å². The standard InChI is InChI=1S/C18H25N5O5.C6H12.C3H8/c1-18(2,3)14(16(26)23-8-4-5-12(23)17(27)28)22-13(24)10-21-15(25)11-9-19-6-7-20-11;1-2-4-6-5-3-1;1-3-2/h6-7,9,12,14H,4-5,8,10H2,1-3H3,(H,21,25)(H,22,24)(H,27,28);1-6H2;3H2,1-2H3. The van der Waals surface area contributed by atoms with E-state index < -0.39 is 41.2 Å². The Labute approximate surface area is 221 Å². The summed E-state index contributed by atoms with van der Waals surface area (Å²) >= 11 is 0. The number of likely N-dealkylation sites (tertiary alicyclic amines) is 1. The minimum absolute atomic E-state index is 0.0696. The van der Waals surface area contributed by atoms with Crippen LogP contribution in [0.4, 0.5) is 0 Å². The lowest BCUT2D eigenvalue weighted by Crippen LogP contribution is -2.57. The Morgan fingerprint density at radius 3 is 2.05 bits per heavy atom. The molecule has 3 N–H and O–H groups in total. The van der Waals surface area contributed by atoms with Gasteiger partial charge in [-0.05, 0) is 18.3 Å². The summed E-state index contributed by atoms with van der Waals surface area (Å²) in [7, 11) is 0. The minimum atomic E-state index is -1.05. The van der Waals surface area contributed by atoms with Gasteiger partial charge >= 0.3 is 5.97 Å². The van der Waals surface area contributed by atoms with E-state index in [-0.39, 0.29) is 12.2 Å². The van der Waals surface area contributed by atoms with Crippen LogP contribution in [0.3, 0.4) is 0 Å². The molecule has 0 spiro atoms. The summed E-state index contributed by atoms with van der Waals surface area (Å²) in [6.07, 6.45) is 15.3. The minimum Gasteiger partial charge on any atom is -0.480 e. The average molecular weight is 520 g/mol. The second-order valence-corrected chi connectivity index (χ2v) is 10.5. The first kappa shape index (κ1) is 32.0. The summed E-state index contributed by atoms with van der Waals surface area (Å²) in [6, 6.07) is -1.81. The normalized spacial score (nSPS) is 17.8. The molecule has 10 heteroatoms. The summed E-state index contributed by atoms with van der Waals surface area (Å²) in [6.45, 7) is 9.57. The molecule has 1 saturated carbocycles. The summed E-state index contributed by atoms with van der Waals surface area (Å²) in [5.41, 5.74) is -0.576. The predicted molar refractivity (Wildman–Crippen MR) is 142 cm³/mol. The summed E-state index contributed by atoms with van der Waals surface area (Å²) in [5.74, 6) is -2.61. The predicted octanol–water partition coefficient (Wildman–Crippen LogP) is 3.57. The number of carboxylic acids is 1. The Morgan fingerprint density at radius 2 is 1.59 bits per heavy atom. The number of amides is 3. The van der Waals surface area contributed by atoms with Crippen LogP contribution in [0.2, 0.25) is 0 Å². The van der Waals surface area contributed by atoms with Gasteiger partial charge in [0, 0.05) is 18.9 Å². The molecule has 2 unspecified atom stereocenters. The van der Waals surface area contributed by atoms with Gasteiger partial charge in [0.2, 0.25) is 11.8 Å². The third-order valence-electron chi connectivity index (χ3n) is 5.94. The van der Waals surface area contributed by atoms with Crippen molar-refractivity contribution in [1.82, 2.24) is 25.5 Å². The Hall–Kier alpha value is -3.04. The number of nitrogens with zero attached hydrogens (tertiary/aromatic N) is 3. The van der Waals surface area contributed by atoms with Crippen molar-refractivity contribution in [3.05, 3.63) is 24.3 Å². The number of carbonyl (C=O) groups excluding carboxylic acids is 3. The highest BCUT2D eigenvalue weighted by Crippen LogP contribution is 2.25. The Bertz CT molecular complexity index is 841. The quantitative estimate of drug-likeness (QED) is 0.521. The molecule has 1 aliphatic heterocycles. The highest BCUT2D eigenvalue weighted by atomic mass is 16.4. The summed E-state index contributed by atoms with van der Waals surface area (Å²) in [5, 5.41) is 14.4. The molecule has 0 radical (unpaired) electrons. The molecule has 0 bridgehead atoms. The molecule has 1 aromatic heterocycles. The second-order valence-electron chi connectivity index (χ2n) is 10.5. The molecular formula is C27H45N5O5. The average Bonchev–Trinajstić information content (AvgIpc) is 3.38. The Balaban J connectivity index is 0.000000643. The number of nitrogens with one attached hydrogen (secondary N) is 2. The van der Waals surface area contributed by atoms with Gasteiger partial charge in [0.1, 0.15) is 17.8 Å². The highest BCUT2D eigenvalue weighted by molar-refractivity contribution is 5.96. The van der Waals surface area contributed by atoms with Gasteiger partial charge in [-0.2, -0.15) is 0 Å². The number of hydrogen-bond acceptors (Lipinski definition) is 6. The van der Waals surface area contributed by atoms with Crippen LogP contribution in [0.15, 0.2) is 18.6 Å². The molecule has 2 fully saturated rings. The number of carboxylic acid groups (broad SMARTS) is 1. The SMILES string of the molecule is C1CCCCC1.CC(C)(C)C(NC(=O)CNC(=O)c1cnccn1)C(=O)N1CCCC1C(=O)O.CCC. The van der Waals surface area contributed by atoms with Crippen molar-refractivity contribution in [2.45, 2.75) is 104 Å². The third-order valence-corrected chi connectivity index (χ3v) is 5.94. The van der Waals surface area contributed by atoms with E-state index in [1.807, 2.05) is 0 Å². The van der Waals surface area contributed by atoms with Crippen molar-refractivity contribution in [2.75, 3.05) is 13.1 Å². The van der Waals surface area contributed by atoms with Crippen LogP contribution < -0.4 is 10.6 Å². The van der Waals surface area contributed by atoms with Gasteiger partial charge in [-0.3, -0.25) is 19.4 Å². The van der Waals surface area contributed by atoms with Crippen LogP contribution in [0, 0.1) is 5.41 Å². The van der Waals surface area contributed by atoms with Crippen LogP contribution in [-0.4, -0.2) is 68.8 Å². The maximum atomic E-state index is 12.9. The van der Waals surface area contributed by atoms with Crippen molar-refractivity contribution in [3.8, 4) is 0 Å². The van der Waals surface area contributed by atoms with Crippen LogP contribution in [-0.2, 0) is 14.4 Å². The number of hydrogen-bond donors (Lipinski definition) is 3.